The molecule has 0 aromatic rings. The summed E-state index contributed by atoms with van der Waals surface area (Å²) in [6.45, 7) is 1.74. The van der Waals surface area contributed by atoms with E-state index in [0.717, 1.165) is 38.8 Å². The van der Waals surface area contributed by atoms with Gasteiger partial charge in [-0.15, -0.1) is 0 Å². The van der Waals surface area contributed by atoms with E-state index in [9.17, 15) is 4.79 Å². The lowest BCUT2D eigenvalue weighted by molar-refractivity contribution is -0.146. The van der Waals surface area contributed by atoms with Crippen LogP contribution in [-0.2, 0) is 4.79 Å². The van der Waals surface area contributed by atoms with Gasteiger partial charge in [-0.3, -0.25) is 4.79 Å². The lowest BCUT2D eigenvalue weighted by atomic mass is 9.82. The highest BCUT2D eigenvalue weighted by Gasteiger charge is 2.37. The van der Waals surface area contributed by atoms with Crippen molar-refractivity contribution < 1.29 is 4.79 Å². The van der Waals surface area contributed by atoms with Crippen LogP contribution in [0.25, 0.3) is 0 Å². The zero-order valence-electron chi connectivity index (χ0n) is 8.74. The van der Waals surface area contributed by atoms with Crippen LogP contribution in [0.5, 0.6) is 0 Å². The fourth-order valence-corrected chi connectivity index (χ4v) is 2.27. The summed E-state index contributed by atoms with van der Waals surface area (Å²) in [5.74, 6) is 0.792. The maximum Gasteiger partial charge on any atom is 0.225 e. The molecule has 14 heavy (non-hydrogen) atoms. The first kappa shape index (κ1) is 9.97. The summed E-state index contributed by atoms with van der Waals surface area (Å²) >= 11 is 0. The van der Waals surface area contributed by atoms with E-state index >= 15 is 0 Å². The normalized spacial score (nSPS) is 26.9. The lowest BCUT2D eigenvalue weighted by Gasteiger charge is -2.44. The predicted molar refractivity (Wildman–Crippen MR) is 55.7 cm³/mol. The third-order valence-electron chi connectivity index (χ3n) is 3.62. The number of rotatable bonds is 4. The minimum atomic E-state index is 0.371. The maximum atomic E-state index is 11.9. The Balaban J connectivity index is 1.76. The third-order valence-corrected chi connectivity index (χ3v) is 3.62. The van der Waals surface area contributed by atoms with Crippen LogP contribution in [0.2, 0.25) is 0 Å². The monoisotopic (exact) mass is 196 g/mol. The minimum Gasteiger partial charge on any atom is -0.339 e. The zero-order chi connectivity index (χ0) is 9.97. The average molecular weight is 196 g/mol. The zero-order valence-corrected chi connectivity index (χ0v) is 8.74. The summed E-state index contributed by atoms with van der Waals surface area (Å²) in [6, 6.07) is 0.520. The molecule has 2 aliphatic rings. The predicted octanol–water partition coefficient (Wildman–Crippen LogP) is 1.13. The Bertz CT molecular complexity index is 213. The summed E-state index contributed by atoms with van der Waals surface area (Å²) in [4.78, 5) is 14.0. The molecule has 1 aliphatic heterocycles. The van der Waals surface area contributed by atoms with Gasteiger partial charge in [-0.05, 0) is 38.6 Å². The van der Waals surface area contributed by atoms with Crippen molar-refractivity contribution in [3.63, 3.8) is 0 Å². The lowest BCUT2D eigenvalue weighted by Crippen LogP contribution is -2.54. The first-order chi connectivity index (χ1) is 6.83. The summed E-state index contributed by atoms with van der Waals surface area (Å²) in [7, 11) is 0. The highest BCUT2D eigenvalue weighted by molar-refractivity contribution is 5.80. The molecule has 1 amide bonds. The molecule has 2 rings (SSSR count). The van der Waals surface area contributed by atoms with Gasteiger partial charge in [0.1, 0.15) is 0 Å². The van der Waals surface area contributed by atoms with Crippen molar-refractivity contribution in [2.24, 2.45) is 11.7 Å². The number of carbonyl (C=O) groups excluding carboxylic acids is 1. The van der Waals surface area contributed by atoms with Gasteiger partial charge in [-0.1, -0.05) is 6.42 Å². The summed E-state index contributed by atoms with van der Waals surface area (Å²) in [6.07, 6.45) is 6.85. The molecule has 0 aromatic carbocycles. The van der Waals surface area contributed by atoms with E-state index in [4.69, 9.17) is 5.73 Å². The van der Waals surface area contributed by atoms with Crippen LogP contribution in [0.1, 0.15) is 38.5 Å². The summed E-state index contributed by atoms with van der Waals surface area (Å²) in [5, 5.41) is 0. The first-order valence-corrected chi connectivity index (χ1v) is 5.83. The van der Waals surface area contributed by atoms with Crippen molar-refractivity contribution in [2.75, 3.05) is 13.1 Å². The molecular formula is C11H20N2O. The summed E-state index contributed by atoms with van der Waals surface area (Å²) in [5.41, 5.74) is 5.47. The molecule has 2 fully saturated rings. The van der Waals surface area contributed by atoms with Crippen LogP contribution < -0.4 is 5.73 Å². The van der Waals surface area contributed by atoms with Crippen molar-refractivity contribution in [1.82, 2.24) is 4.90 Å². The molecule has 80 valence electrons. The number of nitrogens with zero attached hydrogens (tertiary/aromatic N) is 1. The van der Waals surface area contributed by atoms with Gasteiger partial charge < -0.3 is 10.6 Å². The molecule has 0 bridgehead atoms. The molecule has 1 heterocycles. The van der Waals surface area contributed by atoms with Crippen LogP contribution in [0.4, 0.5) is 0 Å². The summed E-state index contributed by atoms with van der Waals surface area (Å²) < 4.78 is 0. The van der Waals surface area contributed by atoms with Crippen LogP contribution in [0.3, 0.4) is 0 Å². The molecule has 0 spiro atoms. The van der Waals surface area contributed by atoms with Crippen molar-refractivity contribution in [3.8, 4) is 0 Å². The number of hydrogen-bond acceptors (Lipinski definition) is 2. The standard InChI is InChI=1S/C11H20N2O/c12-7-2-5-10-6-8-13(10)11(14)9-3-1-4-9/h9-10H,1-8,12H2. The van der Waals surface area contributed by atoms with E-state index in [-0.39, 0.29) is 0 Å². The molecule has 3 nitrogen and oxygen atoms in total. The molecule has 0 radical (unpaired) electrons. The van der Waals surface area contributed by atoms with Gasteiger partial charge in [0.25, 0.3) is 0 Å². The van der Waals surface area contributed by atoms with E-state index < -0.39 is 0 Å². The average Bonchev–Trinajstić information content (AvgIpc) is 1.99. The van der Waals surface area contributed by atoms with Crippen molar-refractivity contribution >= 4 is 5.91 Å². The Hall–Kier alpha value is -0.570. The van der Waals surface area contributed by atoms with Gasteiger partial charge in [-0.25, -0.2) is 0 Å². The van der Waals surface area contributed by atoms with Crippen LogP contribution in [0, 0.1) is 5.92 Å². The fraction of sp³-hybridized carbons (Fsp3) is 0.909. The molecule has 1 unspecified atom stereocenters. The van der Waals surface area contributed by atoms with Gasteiger partial charge in [0, 0.05) is 18.5 Å². The number of hydrogen-bond donors (Lipinski definition) is 1. The second kappa shape index (κ2) is 4.30. The van der Waals surface area contributed by atoms with Crippen molar-refractivity contribution in [1.29, 1.82) is 0 Å². The Labute approximate surface area is 85.6 Å². The smallest absolute Gasteiger partial charge is 0.225 e. The number of carbonyl (C=O) groups is 1. The van der Waals surface area contributed by atoms with Gasteiger partial charge in [0.05, 0.1) is 0 Å². The highest BCUT2D eigenvalue weighted by Crippen LogP contribution is 2.32. The van der Waals surface area contributed by atoms with Crippen molar-refractivity contribution in [3.05, 3.63) is 0 Å². The quantitative estimate of drug-likeness (QED) is 0.732. The molecule has 0 aromatic heterocycles. The molecule has 3 heteroatoms. The SMILES string of the molecule is NCCCC1CCN1C(=O)C1CCC1. The Morgan fingerprint density at radius 2 is 2.14 bits per heavy atom. The van der Waals surface area contributed by atoms with E-state index in [1.54, 1.807) is 0 Å². The number of amides is 1. The Morgan fingerprint density at radius 3 is 2.57 bits per heavy atom. The molecule has 1 atom stereocenters. The van der Waals surface area contributed by atoms with E-state index in [1.165, 1.54) is 12.8 Å². The van der Waals surface area contributed by atoms with E-state index in [1.807, 2.05) is 0 Å². The van der Waals surface area contributed by atoms with Crippen LogP contribution in [0.15, 0.2) is 0 Å². The molecular weight excluding hydrogens is 176 g/mol. The second-order valence-corrected chi connectivity index (χ2v) is 4.53. The number of likely N-dealkylation sites (tertiary alicyclic amines) is 1. The van der Waals surface area contributed by atoms with Gasteiger partial charge >= 0.3 is 0 Å². The third kappa shape index (κ3) is 1.78. The van der Waals surface area contributed by atoms with Gasteiger partial charge in [0.15, 0.2) is 0 Å². The first-order valence-electron chi connectivity index (χ1n) is 5.83. The van der Waals surface area contributed by atoms with Gasteiger partial charge in [0.2, 0.25) is 5.91 Å². The maximum absolute atomic E-state index is 11.9. The molecule has 1 saturated heterocycles. The fourth-order valence-electron chi connectivity index (χ4n) is 2.27. The second-order valence-electron chi connectivity index (χ2n) is 4.53. The highest BCUT2D eigenvalue weighted by atomic mass is 16.2. The van der Waals surface area contributed by atoms with E-state index in [0.29, 0.717) is 17.9 Å². The number of nitrogens with two attached hydrogens (primary N) is 1. The van der Waals surface area contributed by atoms with Crippen LogP contribution in [-0.4, -0.2) is 29.9 Å². The van der Waals surface area contributed by atoms with Crippen molar-refractivity contribution in [2.45, 2.75) is 44.6 Å². The molecule has 1 saturated carbocycles. The van der Waals surface area contributed by atoms with E-state index in [2.05, 4.69) is 4.90 Å². The largest absolute Gasteiger partial charge is 0.339 e. The topological polar surface area (TPSA) is 46.3 Å². The Kier molecular flexibility index (Phi) is 3.06. The molecule has 2 N–H and O–H groups in total. The Morgan fingerprint density at radius 1 is 1.36 bits per heavy atom. The van der Waals surface area contributed by atoms with Gasteiger partial charge in [-0.2, -0.15) is 0 Å². The minimum absolute atomic E-state index is 0.371. The van der Waals surface area contributed by atoms with Crippen LogP contribution >= 0.6 is 0 Å². The molecule has 1 aliphatic carbocycles.